The van der Waals surface area contributed by atoms with Crippen molar-refractivity contribution >= 4 is 11.8 Å². The molecular formula is C13H25NOS. The Hall–Kier alpha value is 0.270. The van der Waals surface area contributed by atoms with Gasteiger partial charge in [0.1, 0.15) is 0 Å². The topological polar surface area (TPSA) is 23.5 Å². The second kappa shape index (κ2) is 5.28. The minimum absolute atomic E-state index is 0.0695. The molecule has 0 amide bonds. The fourth-order valence-electron chi connectivity index (χ4n) is 2.89. The van der Waals surface area contributed by atoms with E-state index in [0.717, 1.165) is 13.0 Å². The lowest BCUT2D eigenvalue weighted by Crippen LogP contribution is -2.46. The number of hydrogen-bond donors (Lipinski definition) is 1. The van der Waals surface area contributed by atoms with Crippen molar-refractivity contribution in [1.82, 2.24) is 4.90 Å². The first-order valence-electron chi connectivity index (χ1n) is 6.65. The zero-order valence-corrected chi connectivity index (χ0v) is 11.4. The third-order valence-corrected chi connectivity index (χ3v) is 5.41. The molecule has 0 radical (unpaired) electrons. The van der Waals surface area contributed by atoms with Gasteiger partial charge < -0.3 is 5.11 Å². The first-order chi connectivity index (χ1) is 7.58. The summed E-state index contributed by atoms with van der Waals surface area (Å²) in [5.74, 6) is 1.22. The van der Waals surface area contributed by atoms with Crippen molar-refractivity contribution in [2.75, 3.05) is 18.8 Å². The van der Waals surface area contributed by atoms with E-state index in [9.17, 15) is 5.11 Å². The van der Waals surface area contributed by atoms with Crippen molar-refractivity contribution in [3.63, 3.8) is 0 Å². The summed E-state index contributed by atoms with van der Waals surface area (Å²) in [6.07, 6.45) is 5.91. The average Bonchev–Trinajstić information content (AvgIpc) is 2.40. The lowest BCUT2D eigenvalue weighted by atomic mass is 9.91. The third-order valence-electron chi connectivity index (χ3n) is 4.04. The van der Waals surface area contributed by atoms with E-state index in [4.69, 9.17) is 0 Å². The highest BCUT2D eigenvalue weighted by molar-refractivity contribution is 8.00. The number of aliphatic hydroxyl groups excluding tert-OH is 1. The van der Waals surface area contributed by atoms with Gasteiger partial charge in [0.05, 0.1) is 6.10 Å². The Morgan fingerprint density at radius 3 is 2.69 bits per heavy atom. The lowest BCUT2D eigenvalue weighted by Gasteiger charge is -2.37. The molecule has 1 saturated heterocycles. The van der Waals surface area contributed by atoms with Crippen LogP contribution >= 0.6 is 11.8 Å². The van der Waals surface area contributed by atoms with Gasteiger partial charge in [0, 0.05) is 23.1 Å². The molecule has 0 spiro atoms. The largest absolute Gasteiger partial charge is 0.391 e. The SMILES string of the molecule is CC1(C)CCN([C@@H]2CCCC[C@H]2O)CCS1. The fraction of sp³-hybridized carbons (Fsp3) is 1.00. The van der Waals surface area contributed by atoms with E-state index in [2.05, 4.69) is 30.5 Å². The average molecular weight is 243 g/mol. The Bertz CT molecular complexity index is 232. The molecule has 94 valence electrons. The fourth-order valence-corrected chi connectivity index (χ4v) is 4.00. The number of thioether (sulfide) groups is 1. The number of aliphatic hydroxyl groups is 1. The Balaban J connectivity index is 1.93. The zero-order chi connectivity index (χ0) is 11.6. The van der Waals surface area contributed by atoms with Gasteiger partial charge in [0.2, 0.25) is 0 Å². The second-order valence-electron chi connectivity index (χ2n) is 5.81. The molecule has 1 aliphatic carbocycles. The molecule has 0 unspecified atom stereocenters. The maximum atomic E-state index is 10.1. The maximum Gasteiger partial charge on any atom is 0.0695 e. The number of rotatable bonds is 1. The minimum atomic E-state index is -0.0695. The van der Waals surface area contributed by atoms with Crippen LogP contribution in [0.3, 0.4) is 0 Å². The molecule has 1 N–H and O–H groups in total. The summed E-state index contributed by atoms with van der Waals surface area (Å²) in [7, 11) is 0. The van der Waals surface area contributed by atoms with Gasteiger partial charge in [-0.25, -0.2) is 0 Å². The maximum absolute atomic E-state index is 10.1. The van der Waals surface area contributed by atoms with Gasteiger partial charge in [0.25, 0.3) is 0 Å². The van der Waals surface area contributed by atoms with Crippen LogP contribution < -0.4 is 0 Å². The predicted molar refractivity (Wildman–Crippen MR) is 71.0 cm³/mol. The van der Waals surface area contributed by atoms with Crippen LogP contribution in [0.4, 0.5) is 0 Å². The van der Waals surface area contributed by atoms with Crippen LogP contribution in [0.5, 0.6) is 0 Å². The van der Waals surface area contributed by atoms with E-state index in [1.54, 1.807) is 0 Å². The molecular weight excluding hydrogens is 218 g/mol. The molecule has 16 heavy (non-hydrogen) atoms. The molecule has 0 bridgehead atoms. The summed E-state index contributed by atoms with van der Waals surface area (Å²) in [6, 6.07) is 0.447. The van der Waals surface area contributed by atoms with Gasteiger partial charge in [-0.15, -0.1) is 0 Å². The first kappa shape index (κ1) is 12.7. The van der Waals surface area contributed by atoms with Gasteiger partial charge in [-0.3, -0.25) is 4.90 Å². The first-order valence-corrected chi connectivity index (χ1v) is 7.63. The van der Waals surface area contributed by atoms with Gasteiger partial charge in [-0.1, -0.05) is 26.7 Å². The van der Waals surface area contributed by atoms with Crippen LogP contribution in [0.1, 0.15) is 46.0 Å². The van der Waals surface area contributed by atoms with E-state index in [1.165, 1.54) is 38.0 Å². The predicted octanol–water partition coefficient (Wildman–Crippen LogP) is 2.51. The minimum Gasteiger partial charge on any atom is -0.391 e. The highest BCUT2D eigenvalue weighted by atomic mass is 32.2. The van der Waals surface area contributed by atoms with Crippen LogP contribution in [0, 0.1) is 0 Å². The van der Waals surface area contributed by atoms with Crippen LogP contribution in [0.2, 0.25) is 0 Å². The summed E-state index contributed by atoms with van der Waals surface area (Å²) in [4.78, 5) is 2.55. The van der Waals surface area contributed by atoms with E-state index in [-0.39, 0.29) is 6.10 Å². The van der Waals surface area contributed by atoms with Crippen molar-refractivity contribution in [1.29, 1.82) is 0 Å². The van der Waals surface area contributed by atoms with Crippen molar-refractivity contribution in [2.45, 2.75) is 62.8 Å². The normalized spacial score (nSPS) is 36.9. The quantitative estimate of drug-likeness (QED) is 0.765. The van der Waals surface area contributed by atoms with E-state index in [1.807, 2.05) is 0 Å². The molecule has 0 aromatic heterocycles. The molecule has 2 rings (SSSR count). The van der Waals surface area contributed by atoms with Crippen molar-refractivity contribution in [2.24, 2.45) is 0 Å². The smallest absolute Gasteiger partial charge is 0.0695 e. The van der Waals surface area contributed by atoms with Crippen molar-refractivity contribution in [3.05, 3.63) is 0 Å². The molecule has 0 aromatic carbocycles. The number of hydrogen-bond acceptors (Lipinski definition) is 3. The van der Waals surface area contributed by atoms with Gasteiger partial charge >= 0.3 is 0 Å². The monoisotopic (exact) mass is 243 g/mol. The molecule has 3 heteroatoms. The standard InChI is InChI=1S/C13H25NOS/c1-13(2)7-8-14(9-10-16-13)11-5-3-4-6-12(11)15/h11-12,15H,3-10H2,1-2H3/t11-,12-/m1/s1. The van der Waals surface area contributed by atoms with Crippen LogP contribution in [0.15, 0.2) is 0 Å². The van der Waals surface area contributed by atoms with Gasteiger partial charge in [-0.2, -0.15) is 11.8 Å². The summed E-state index contributed by atoms with van der Waals surface area (Å²) < 4.78 is 0.425. The molecule has 2 fully saturated rings. The zero-order valence-electron chi connectivity index (χ0n) is 10.6. The van der Waals surface area contributed by atoms with Gasteiger partial charge in [0.15, 0.2) is 0 Å². The Morgan fingerprint density at radius 1 is 1.19 bits per heavy atom. The summed E-state index contributed by atoms with van der Waals surface area (Å²) in [5, 5.41) is 10.1. The molecule has 1 aliphatic heterocycles. The highest BCUT2D eigenvalue weighted by Gasteiger charge is 2.32. The lowest BCUT2D eigenvalue weighted by molar-refractivity contribution is 0.0223. The Morgan fingerprint density at radius 2 is 1.94 bits per heavy atom. The van der Waals surface area contributed by atoms with E-state index >= 15 is 0 Å². The van der Waals surface area contributed by atoms with E-state index < -0.39 is 0 Å². The Kier molecular flexibility index (Phi) is 4.20. The van der Waals surface area contributed by atoms with E-state index in [0.29, 0.717) is 10.8 Å². The van der Waals surface area contributed by atoms with Crippen LogP contribution in [-0.2, 0) is 0 Å². The molecule has 2 nitrogen and oxygen atoms in total. The summed E-state index contributed by atoms with van der Waals surface area (Å²) in [5.41, 5.74) is 0. The molecule has 2 atom stereocenters. The highest BCUT2D eigenvalue weighted by Crippen LogP contribution is 2.33. The van der Waals surface area contributed by atoms with Gasteiger partial charge in [-0.05, 0) is 25.8 Å². The van der Waals surface area contributed by atoms with Crippen molar-refractivity contribution in [3.8, 4) is 0 Å². The number of nitrogens with zero attached hydrogens (tertiary/aromatic N) is 1. The van der Waals surface area contributed by atoms with Crippen LogP contribution in [-0.4, -0.2) is 45.7 Å². The third kappa shape index (κ3) is 3.14. The van der Waals surface area contributed by atoms with Crippen molar-refractivity contribution < 1.29 is 5.11 Å². The second-order valence-corrected chi connectivity index (χ2v) is 7.62. The van der Waals surface area contributed by atoms with Crippen LogP contribution in [0.25, 0.3) is 0 Å². The molecule has 0 aromatic rings. The molecule has 2 aliphatic rings. The molecule has 1 heterocycles. The summed E-state index contributed by atoms with van der Waals surface area (Å²) in [6.45, 7) is 7.02. The Labute approximate surface area is 104 Å². The summed E-state index contributed by atoms with van der Waals surface area (Å²) >= 11 is 2.09. The molecule has 1 saturated carbocycles.